The van der Waals surface area contributed by atoms with Crippen LogP contribution >= 0.6 is 0 Å². The fourth-order valence-corrected chi connectivity index (χ4v) is 0.796. The van der Waals surface area contributed by atoms with Crippen molar-refractivity contribution in [3.63, 3.8) is 0 Å². The number of esters is 1. The summed E-state index contributed by atoms with van der Waals surface area (Å²) >= 11 is 0. The highest BCUT2D eigenvalue weighted by atomic mass is 16.5. The zero-order chi connectivity index (χ0) is 9.56. The van der Waals surface area contributed by atoms with Gasteiger partial charge in [0.2, 0.25) is 0 Å². The third-order valence-electron chi connectivity index (χ3n) is 1.54. The van der Waals surface area contributed by atoms with Gasteiger partial charge in [0.25, 0.3) is 0 Å². The SMILES string of the molecule is CC(C)CCCOC(=O)C(C)N. The average molecular weight is 173 g/mol. The van der Waals surface area contributed by atoms with E-state index in [2.05, 4.69) is 13.8 Å². The first-order valence-corrected chi connectivity index (χ1v) is 4.46. The van der Waals surface area contributed by atoms with E-state index in [0.717, 1.165) is 12.8 Å². The molecule has 72 valence electrons. The van der Waals surface area contributed by atoms with Gasteiger partial charge < -0.3 is 10.5 Å². The molecule has 0 bridgehead atoms. The van der Waals surface area contributed by atoms with Gasteiger partial charge in [0.1, 0.15) is 6.04 Å². The number of ether oxygens (including phenoxy) is 1. The molecule has 3 nitrogen and oxygen atoms in total. The van der Waals surface area contributed by atoms with Crippen molar-refractivity contribution < 1.29 is 9.53 Å². The van der Waals surface area contributed by atoms with Gasteiger partial charge in [-0.1, -0.05) is 13.8 Å². The van der Waals surface area contributed by atoms with Gasteiger partial charge in [-0.2, -0.15) is 0 Å². The Morgan fingerprint density at radius 3 is 2.42 bits per heavy atom. The molecule has 3 heteroatoms. The fourth-order valence-electron chi connectivity index (χ4n) is 0.796. The standard InChI is InChI=1S/C9H19NO2/c1-7(2)5-4-6-12-9(11)8(3)10/h7-8H,4-6,10H2,1-3H3. The lowest BCUT2D eigenvalue weighted by atomic mass is 10.1. The average Bonchev–Trinajstić information content (AvgIpc) is 1.97. The molecule has 1 atom stereocenters. The van der Waals surface area contributed by atoms with E-state index in [9.17, 15) is 4.79 Å². The summed E-state index contributed by atoms with van der Waals surface area (Å²) in [6.45, 7) is 6.42. The molecule has 0 fully saturated rings. The van der Waals surface area contributed by atoms with Crippen LogP contribution in [0.1, 0.15) is 33.6 Å². The summed E-state index contributed by atoms with van der Waals surface area (Å²) < 4.78 is 4.89. The number of carbonyl (C=O) groups is 1. The minimum atomic E-state index is -0.496. The predicted octanol–water partition coefficient (Wildman–Crippen LogP) is 1.31. The number of rotatable bonds is 5. The van der Waals surface area contributed by atoms with Crippen LogP contribution in [0.15, 0.2) is 0 Å². The summed E-state index contributed by atoms with van der Waals surface area (Å²) in [6.07, 6.45) is 2.02. The molecular weight excluding hydrogens is 154 g/mol. The molecule has 0 saturated heterocycles. The summed E-state index contributed by atoms with van der Waals surface area (Å²) in [7, 11) is 0. The molecule has 0 aliphatic heterocycles. The van der Waals surface area contributed by atoms with Crippen molar-refractivity contribution in [2.45, 2.75) is 39.7 Å². The maximum atomic E-state index is 10.8. The van der Waals surface area contributed by atoms with Crippen LogP contribution in [-0.2, 0) is 9.53 Å². The number of hydrogen-bond acceptors (Lipinski definition) is 3. The molecule has 0 aromatic carbocycles. The highest BCUT2D eigenvalue weighted by Crippen LogP contribution is 2.03. The molecule has 0 rings (SSSR count). The minimum Gasteiger partial charge on any atom is -0.465 e. The Morgan fingerprint density at radius 2 is 2.00 bits per heavy atom. The van der Waals surface area contributed by atoms with Gasteiger partial charge in [0.15, 0.2) is 0 Å². The molecule has 0 spiro atoms. The molecule has 2 N–H and O–H groups in total. The summed E-state index contributed by atoms with van der Waals surface area (Å²) in [5, 5.41) is 0. The third kappa shape index (κ3) is 6.16. The molecule has 1 unspecified atom stereocenters. The van der Waals surface area contributed by atoms with Crippen molar-refractivity contribution in [3.8, 4) is 0 Å². The van der Waals surface area contributed by atoms with Gasteiger partial charge in [0, 0.05) is 0 Å². The van der Waals surface area contributed by atoms with Crippen LogP contribution in [-0.4, -0.2) is 18.6 Å². The summed E-state index contributed by atoms with van der Waals surface area (Å²) in [6, 6.07) is -0.496. The number of nitrogens with two attached hydrogens (primary N) is 1. The highest BCUT2D eigenvalue weighted by Gasteiger charge is 2.07. The van der Waals surface area contributed by atoms with Crippen LogP contribution in [0.3, 0.4) is 0 Å². The van der Waals surface area contributed by atoms with E-state index in [0.29, 0.717) is 12.5 Å². The van der Waals surface area contributed by atoms with Crippen LogP contribution < -0.4 is 5.73 Å². The number of hydrogen-bond donors (Lipinski definition) is 1. The zero-order valence-electron chi connectivity index (χ0n) is 8.17. The molecular formula is C9H19NO2. The highest BCUT2D eigenvalue weighted by molar-refractivity contribution is 5.74. The van der Waals surface area contributed by atoms with Crippen molar-refractivity contribution in [3.05, 3.63) is 0 Å². The van der Waals surface area contributed by atoms with Gasteiger partial charge in [-0.05, 0) is 25.7 Å². The Morgan fingerprint density at radius 1 is 1.42 bits per heavy atom. The van der Waals surface area contributed by atoms with Crippen LogP contribution in [0.2, 0.25) is 0 Å². The Kier molecular flexibility index (Phi) is 5.72. The molecule has 0 saturated carbocycles. The van der Waals surface area contributed by atoms with E-state index in [-0.39, 0.29) is 5.97 Å². The Bertz CT molecular complexity index is 132. The van der Waals surface area contributed by atoms with Gasteiger partial charge in [-0.3, -0.25) is 4.79 Å². The number of carbonyl (C=O) groups excluding carboxylic acids is 1. The smallest absolute Gasteiger partial charge is 0.322 e. The van der Waals surface area contributed by atoms with E-state index < -0.39 is 6.04 Å². The quantitative estimate of drug-likeness (QED) is 0.504. The largest absolute Gasteiger partial charge is 0.465 e. The lowest BCUT2D eigenvalue weighted by molar-refractivity contribution is -0.144. The monoisotopic (exact) mass is 173 g/mol. The molecule has 0 radical (unpaired) electrons. The van der Waals surface area contributed by atoms with Crippen molar-refractivity contribution in [2.24, 2.45) is 11.7 Å². The van der Waals surface area contributed by atoms with E-state index >= 15 is 0 Å². The summed E-state index contributed by atoms with van der Waals surface area (Å²) in [4.78, 5) is 10.8. The van der Waals surface area contributed by atoms with E-state index in [1.165, 1.54) is 0 Å². The second-order valence-electron chi connectivity index (χ2n) is 3.49. The Labute approximate surface area is 74.3 Å². The van der Waals surface area contributed by atoms with E-state index in [1.807, 2.05) is 0 Å². The van der Waals surface area contributed by atoms with E-state index in [4.69, 9.17) is 10.5 Å². The maximum Gasteiger partial charge on any atom is 0.322 e. The van der Waals surface area contributed by atoms with E-state index in [1.54, 1.807) is 6.92 Å². The maximum absolute atomic E-state index is 10.8. The second-order valence-corrected chi connectivity index (χ2v) is 3.49. The Hall–Kier alpha value is -0.570. The third-order valence-corrected chi connectivity index (χ3v) is 1.54. The predicted molar refractivity (Wildman–Crippen MR) is 48.7 cm³/mol. The Balaban J connectivity index is 3.26. The lowest BCUT2D eigenvalue weighted by Crippen LogP contribution is -2.28. The first kappa shape index (κ1) is 11.4. The normalized spacial score (nSPS) is 13.1. The van der Waals surface area contributed by atoms with Crippen LogP contribution in [0, 0.1) is 5.92 Å². The molecule has 0 amide bonds. The molecule has 0 aliphatic rings. The van der Waals surface area contributed by atoms with Gasteiger partial charge in [-0.25, -0.2) is 0 Å². The van der Waals surface area contributed by atoms with Crippen LogP contribution in [0.4, 0.5) is 0 Å². The van der Waals surface area contributed by atoms with Crippen LogP contribution in [0.5, 0.6) is 0 Å². The zero-order valence-corrected chi connectivity index (χ0v) is 8.17. The van der Waals surface area contributed by atoms with Gasteiger partial charge >= 0.3 is 5.97 Å². The second kappa shape index (κ2) is 6.00. The lowest BCUT2D eigenvalue weighted by Gasteiger charge is -2.07. The first-order valence-electron chi connectivity index (χ1n) is 4.46. The van der Waals surface area contributed by atoms with Gasteiger partial charge in [-0.15, -0.1) is 0 Å². The van der Waals surface area contributed by atoms with Crippen molar-refractivity contribution >= 4 is 5.97 Å². The van der Waals surface area contributed by atoms with Crippen molar-refractivity contribution in [2.75, 3.05) is 6.61 Å². The molecule has 0 aromatic rings. The minimum absolute atomic E-state index is 0.307. The summed E-state index contributed by atoms with van der Waals surface area (Å²) in [5.41, 5.74) is 5.30. The van der Waals surface area contributed by atoms with Crippen LogP contribution in [0.25, 0.3) is 0 Å². The topological polar surface area (TPSA) is 52.3 Å². The molecule has 0 aliphatic carbocycles. The first-order chi connectivity index (χ1) is 5.54. The molecule has 0 aromatic heterocycles. The van der Waals surface area contributed by atoms with Gasteiger partial charge in [0.05, 0.1) is 6.61 Å². The fraction of sp³-hybridized carbons (Fsp3) is 0.889. The summed E-state index contributed by atoms with van der Waals surface area (Å²) in [5.74, 6) is 0.359. The van der Waals surface area contributed by atoms with Crippen molar-refractivity contribution in [1.82, 2.24) is 0 Å². The molecule has 12 heavy (non-hydrogen) atoms. The molecule has 0 heterocycles. The van der Waals surface area contributed by atoms with Crippen molar-refractivity contribution in [1.29, 1.82) is 0 Å².